The SMILES string of the molecule is COCCC(=O)N1Cc2cc(C)c(N3CCC(Oc4ccc(OC)nc4)CC3)nc2C1. The van der Waals surface area contributed by atoms with Crippen molar-refractivity contribution >= 4 is 11.7 Å². The zero-order chi connectivity index (χ0) is 21.8. The van der Waals surface area contributed by atoms with Crippen LogP contribution in [0, 0.1) is 6.92 Å². The number of carbonyl (C=O) groups excluding carboxylic acids is 1. The lowest BCUT2D eigenvalue weighted by molar-refractivity contribution is -0.132. The molecule has 0 aliphatic carbocycles. The average Bonchev–Trinajstić information content (AvgIpc) is 3.21. The maximum atomic E-state index is 12.3. The van der Waals surface area contributed by atoms with E-state index in [1.165, 1.54) is 0 Å². The molecular formula is C23H30N4O4. The van der Waals surface area contributed by atoms with Crippen LogP contribution < -0.4 is 14.4 Å². The summed E-state index contributed by atoms with van der Waals surface area (Å²) in [7, 11) is 3.22. The third-order valence-corrected chi connectivity index (χ3v) is 5.89. The lowest BCUT2D eigenvalue weighted by Gasteiger charge is -2.34. The molecule has 8 heteroatoms. The molecule has 0 saturated carbocycles. The summed E-state index contributed by atoms with van der Waals surface area (Å²) in [5.41, 5.74) is 3.31. The quantitative estimate of drug-likeness (QED) is 0.674. The number of ether oxygens (including phenoxy) is 3. The summed E-state index contributed by atoms with van der Waals surface area (Å²) in [6.07, 6.45) is 4.12. The Morgan fingerprint density at radius 1 is 1.19 bits per heavy atom. The summed E-state index contributed by atoms with van der Waals surface area (Å²) in [4.78, 5) is 25.7. The summed E-state index contributed by atoms with van der Waals surface area (Å²) >= 11 is 0. The number of amides is 1. The van der Waals surface area contributed by atoms with Gasteiger partial charge in [-0.3, -0.25) is 4.79 Å². The highest BCUT2D eigenvalue weighted by molar-refractivity contribution is 5.77. The highest BCUT2D eigenvalue weighted by atomic mass is 16.5. The fraction of sp³-hybridized carbons (Fsp3) is 0.522. The van der Waals surface area contributed by atoms with E-state index in [9.17, 15) is 4.79 Å². The molecule has 0 N–H and O–H groups in total. The minimum absolute atomic E-state index is 0.116. The molecule has 0 aromatic carbocycles. The molecule has 0 bridgehead atoms. The minimum atomic E-state index is 0.116. The third kappa shape index (κ3) is 4.90. The summed E-state index contributed by atoms with van der Waals surface area (Å²) in [6.45, 7) is 5.54. The third-order valence-electron chi connectivity index (χ3n) is 5.89. The second-order valence-corrected chi connectivity index (χ2v) is 8.07. The zero-order valence-electron chi connectivity index (χ0n) is 18.5. The van der Waals surface area contributed by atoms with Crippen LogP contribution in [-0.2, 0) is 22.6 Å². The lowest BCUT2D eigenvalue weighted by Crippen LogP contribution is -2.39. The Morgan fingerprint density at radius 2 is 2.00 bits per heavy atom. The normalized spacial score (nSPS) is 16.4. The van der Waals surface area contributed by atoms with Crippen LogP contribution in [0.1, 0.15) is 36.1 Å². The standard InChI is InChI=1S/C23H30N4O4/c1-16-12-17-14-27(22(28)8-11-29-2)15-20(17)25-23(16)26-9-6-18(7-10-26)31-19-4-5-21(30-3)24-13-19/h4-5,12-13,18H,6-11,14-15H2,1-3H3. The van der Waals surface area contributed by atoms with Crippen molar-refractivity contribution in [1.29, 1.82) is 0 Å². The lowest BCUT2D eigenvalue weighted by atomic mass is 10.1. The van der Waals surface area contributed by atoms with Gasteiger partial charge in [0, 0.05) is 45.7 Å². The fourth-order valence-corrected chi connectivity index (χ4v) is 4.19. The Kier molecular flexibility index (Phi) is 6.56. The number of nitrogens with zero attached hydrogens (tertiary/aromatic N) is 4. The van der Waals surface area contributed by atoms with Gasteiger partial charge in [0.05, 0.1) is 38.6 Å². The molecule has 31 heavy (non-hydrogen) atoms. The van der Waals surface area contributed by atoms with Gasteiger partial charge in [0.2, 0.25) is 11.8 Å². The van der Waals surface area contributed by atoms with Gasteiger partial charge in [0.1, 0.15) is 17.7 Å². The number of aryl methyl sites for hydroxylation is 1. The van der Waals surface area contributed by atoms with Crippen molar-refractivity contribution in [1.82, 2.24) is 14.9 Å². The summed E-state index contributed by atoms with van der Waals surface area (Å²) in [6, 6.07) is 5.89. The monoisotopic (exact) mass is 426 g/mol. The number of piperidine rings is 1. The summed E-state index contributed by atoms with van der Waals surface area (Å²) < 4.78 is 16.2. The highest BCUT2D eigenvalue weighted by Gasteiger charge is 2.28. The molecule has 0 unspecified atom stereocenters. The number of anilines is 1. The van der Waals surface area contributed by atoms with E-state index in [0.29, 0.717) is 32.0 Å². The Morgan fingerprint density at radius 3 is 2.68 bits per heavy atom. The highest BCUT2D eigenvalue weighted by Crippen LogP contribution is 2.30. The predicted octanol–water partition coefficient (Wildman–Crippen LogP) is 2.72. The van der Waals surface area contributed by atoms with Gasteiger partial charge < -0.3 is 24.0 Å². The smallest absolute Gasteiger partial charge is 0.225 e. The van der Waals surface area contributed by atoms with Crippen LogP contribution in [0.2, 0.25) is 0 Å². The number of hydrogen-bond acceptors (Lipinski definition) is 7. The first-order valence-corrected chi connectivity index (χ1v) is 10.7. The minimum Gasteiger partial charge on any atom is -0.489 e. The van der Waals surface area contributed by atoms with E-state index >= 15 is 0 Å². The second kappa shape index (κ2) is 9.51. The molecule has 0 atom stereocenters. The van der Waals surface area contributed by atoms with Crippen LogP contribution in [0.3, 0.4) is 0 Å². The van der Waals surface area contributed by atoms with Crippen molar-refractivity contribution in [3.8, 4) is 11.6 Å². The Hall–Kier alpha value is -2.87. The average molecular weight is 427 g/mol. The first-order valence-electron chi connectivity index (χ1n) is 10.7. The van der Waals surface area contributed by atoms with E-state index in [1.54, 1.807) is 20.4 Å². The maximum absolute atomic E-state index is 12.3. The number of fused-ring (bicyclic) bond motifs is 1. The van der Waals surface area contributed by atoms with Crippen molar-refractivity contribution in [2.75, 3.05) is 38.8 Å². The Labute approximate surface area is 183 Å². The molecule has 4 heterocycles. The largest absolute Gasteiger partial charge is 0.489 e. The molecule has 2 aliphatic rings. The van der Waals surface area contributed by atoms with Gasteiger partial charge in [0.25, 0.3) is 0 Å². The molecule has 8 nitrogen and oxygen atoms in total. The molecule has 1 amide bonds. The van der Waals surface area contributed by atoms with Gasteiger partial charge in [-0.15, -0.1) is 0 Å². The molecule has 4 rings (SSSR count). The first-order chi connectivity index (χ1) is 15.1. The number of methoxy groups -OCH3 is 2. The van der Waals surface area contributed by atoms with Crippen molar-refractivity contribution in [2.24, 2.45) is 0 Å². The van der Waals surface area contributed by atoms with Gasteiger partial charge in [0.15, 0.2) is 0 Å². The van der Waals surface area contributed by atoms with E-state index in [4.69, 9.17) is 19.2 Å². The van der Waals surface area contributed by atoms with E-state index in [2.05, 4.69) is 22.9 Å². The van der Waals surface area contributed by atoms with Crippen LogP contribution >= 0.6 is 0 Å². The van der Waals surface area contributed by atoms with Crippen LogP contribution in [0.25, 0.3) is 0 Å². The molecular weight excluding hydrogens is 396 g/mol. The van der Waals surface area contributed by atoms with Crippen LogP contribution in [0.5, 0.6) is 11.6 Å². The van der Waals surface area contributed by atoms with Crippen LogP contribution in [0.15, 0.2) is 24.4 Å². The molecule has 1 fully saturated rings. The summed E-state index contributed by atoms with van der Waals surface area (Å²) in [5.74, 6) is 2.49. The van der Waals surface area contributed by atoms with E-state index in [-0.39, 0.29) is 12.0 Å². The van der Waals surface area contributed by atoms with Gasteiger partial charge in [-0.05, 0) is 30.2 Å². The zero-order valence-corrected chi connectivity index (χ0v) is 18.5. The predicted molar refractivity (Wildman–Crippen MR) is 116 cm³/mol. The second-order valence-electron chi connectivity index (χ2n) is 8.07. The molecule has 0 spiro atoms. The Bertz CT molecular complexity index is 911. The molecule has 166 valence electrons. The van der Waals surface area contributed by atoms with Crippen molar-refractivity contribution < 1.29 is 19.0 Å². The van der Waals surface area contributed by atoms with Gasteiger partial charge in [-0.2, -0.15) is 0 Å². The molecule has 2 aromatic heterocycles. The Balaban J connectivity index is 1.35. The fourth-order valence-electron chi connectivity index (χ4n) is 4.19. The molecule has 1 saturated heterocycles. The van der Waals surface area contributed by atoms with Crippen molar-refractivity contribution in [2.45, 2.75) is 45.4 Å². The van der Waals surface area contributed by atoms with Crippen LogP contribution in [0.4, 0.5) is 5.82 Å². The van der Waals surface area contributed by atoms with E-state index < -0.39 is 0 Å². The number of pyridine rings is 2. The number of carbonyl (C=O) groups is 1. The van der Waals surface area contributed by atoms with Crippen molar-refractivity contribution in [3.05, 3.63) is 41.2 Å². The van der Waals surface area contributed by atoms with Crippen LogP contribution in [-0.4, -0.2) is 60.8 Å². The number of aromatic nitrogens is 2. The molecule has 2 aromatic rings. The van der Waals surface area contributed by atoms with Crippen molar-refractivity contribution in [3.63, 3.8) is 0 Å². The topological polar surface area (TPSA) is 77.0 Å². The van der Waals surface area contributed by atoms with Gasteiger partial charge >= 0.3 is 0 Å². The summed E-state index contributed by atoms with van der Waals surface area (Å²) in [5, 5.41) is 0. The number of rotatable bonds is 7. The van der Waals surface area contributed by atoms with Gasteiger partial charge in [-0.25, -0.2) is 9.97 Å². The first kappa shape index (κ1) is 21.4. The van der Waals surface area contributed by atoms with E-state index in [0.717, 1.165) is 54.3 Å². The maximum Gasteiger partial charge on any atom is 0.225 e. The number of hydrogen-bond donors (Lipinski definition) is 0. The van der Waals surface area contributed by atoms with E-state index in [1.807, 2.05) is 17.0 Å². The molecule has 2 aliphatic heterocycles. The molecule has 0 radical (unpaired) electrons. The van der Waals surface area contributed by atoms with Gasteiger partial charge in [-0.1, -0.05) is 0 Å².